The van der Waals surface area contributed by atoms with Crippen molar-refractivity contribution >= 4 is 11.8 Å². The van der Waals surface area contributed by atoms with Crippen molar-refractivity contribution < 1.29 is 9.59 Å². The molecule has 1 fully saturated rings. The summed E-state index contributed by atoms with van der Waals surface area (Å²) in [5, 5.41) is 5.58. The number of hydrogen-bond acceptors (Lipinski definition) is 3. The van der Waals surface area contributed by atoms with Gasteiger partial charge < -0.3 is 16.4 Å². The highest BCUT2D eigenvalue weighted by atomic mass is 16.2. The number of rotatable bonds is 3. The van der Waals surface area contributed by atoms with Crippen molar-refractivity contribution in [1.29, 1.82) is 0 Å². The molecule has 13 heavy (non-hydrogen) atoms. The third-order valence-electron chi connectivity index (χ3n) is 2.16. The van der Waals surface area contributed by atoms with Crippen molar-refractivity contribution in [2.75, 3.05) is 6.54 Å². The first-order valence-electron chi connectivity index (χ1n) is 4.44. The second kappa shape index (κ2) is 4.23. The Morgan fingerprint density at radius 2 is 2.31 bits per heavy atom. The summed E-state index contributed by atoms with van der Waals surface area (Å²) in [4.78, 5) is 22.0. The van der Waals surface area contributed by atoms with Crippen LogP contribution < -0.4 is 16.4 Å². The molecule has 0 aromatic heterocycles. The molecule has 2 amide bonds. The molecule has 1 saturated heterocycles. The Morgan fingerprint density at radius 1 is 1.62 bits per heavy atom. The first-order chi connectivity index (χ1) is 6.11. The molecule has 1 aliphatic rings. The van der Waals surface area contributed by atoms with Crippen LogP contribution in [0.3, 0.4) is 0 Å². The van der Waals surface area contributed by atoms with E-state index in [2.05, 4.69) is 10.6 Å². The predicted octanol–water partition coefficient (Wildman–Crippen LogP) is -1.27. The molecule has 74 valence electrons. The molecule has 2 atom stereocenters. The molecule has 5 heteroatoms. The Bertz CT molecular complexity index is 211. The van der Waals surface area contributed by atoms with Gasteiger partial charge in [0.2, 0.25) is 11.8 Å². The van der Waals surface area contributed by atoms with Gasteiger partial charge in [0.15, 0.2) is 0 Å². The van der Waals surface area contributed by atoms with Crippen molar-refractivity contribution in [2.24, 2.45) is 5.73 Å². The normalized spacial score (nSPS) is 23.9. The van der Waals surface area contributed by atoms with Gasteiger partial charge >= 0.3 is 0 Å². The molecule has 0 radical (unpaired) electrons. The van der Waals surface area contributed by atoms with Gasteiger partial charge in [-0.05, 0) is 26.3 Å². The van der Waals surface area contributed by atoms with E-state index in [1.165, 1.54) is 0 Å². The summed E-state index contributed by atoms with van der Waals surface area (Å²) in [5.74, 6) is -0.643. The third kappa shape index (κ3) is 2.69. The number of nitrogens with two attached hydrogens (primary N) is 1. The highest BCUT2D eigenvalue weighted by Gasteiger charge is 2.23. The summed E-state index contributed by atoms with van der Waals surface area (Å²) in [5.41, 5.74) is 5.01. The van der Waals surface area contributed by atoms with E-state index in [1.807, 2.05) is 0 Å². The van der Waals surface area contributed by atoms with E-state index in [1.54, 1.807) is 6.92 Å². The Hall–Kier alpha value is -1.10. The zero-order chi connectivity index (χ0) is 9.84. The maximum atomic E-state index is 11.4. The molecule has 0 aromatic rings. The Kier molecular flexibility index (Phi) is 3.25. The van der Waals surface area contributed by atoms with E-state index >= 15 is 0 Å². The Balaban J connectivity index is 2.35. The number of primary amides is 1. The van der Waals surface area contributed by atoms with E-state index in [0.717, 1.165) is 19.4 Å². The molecule has 0 bridgehead atoms. The molecule has 5 nitrogen and oxygen atoms in total. The second-order valence-corrected chi connectivity index (χ2v) is 3.28. The lowest BCUT2D eigenvalue weighted by Gasteiger charge is -2.14. The molecule has 0 aromatic carbocycles. The molecule has 0 unspecified atom stereocenters. The van der Waals surface area contributed by atoms with Crippen molar-refractivity contribution in [1.82, 2.24) is 10.6 Å². The smallest absolute Gasteiger partial charge is 0.239 e. The Labute approximate surface area is 77.1 Å². The van der Waals surface area contributed by atoms with E-state index in [4.69, 9.17) is 5.73 Å². The lowest BCUT2D eigenvalue weighted by molar-refractivity contribution is -0.128. The van der Waals surface area contributed by atoms with Gasteiger partial charge in [0, 0.05) is 0 Å². The van der Waals surface area contributed by atoms with Gasteiger partial charge in [0.05, 0.1) is 6.04 Å². The van der Waals surface area contributed by atoms with Crippen LogP contribution in [0, 0.1) is 0 Å². The maximum Gasteiger partial charge on any atom is 0.239 e. The van der Waals surface area contributed by atoms with Crippen molar-refractivity contribution in [2.45, 2.75) is 31.8 Å². The van der Waals surface area contributed by atoms with Crippen LogP contribution in [0.15, 0.2) is 0 Å². The SMILES string of the molecule is C[C@H](NC(=O)[C@@H]1CCCN1)C(N)=O. The van der Waals surface area contributed by atoms with Gasteiger partial charge in [0.1, 0.15) is 6.04 Å². The van der Waals surface area contributed by atoms with Gasteiger partial charge in [-0.15, -0.1) is 0 Å². The van der Waals surface area contributed by atoms with Gasteiger partial charge in [-0.2, -0.15) is 0 Å². The molecule has 4 N–H and O–H groups in total. The molecule has 0 saturated carbocycles. The highest BCUT2D eigenvalue weighted by molar-refractivity contribution is 5.88. The average Bonchev–Trinajstić information content (AvgIpc) is 2.55. The lowest BCUT2D eigenvalue weighted by Crippen LogP contribution is -2.48. The lowest BCUT2D eigenvalue weighted by atomic mass is 10.2. The highest BCUT2D eigenvalue weighted by Crippen LogP contribution is 2.04. The van der Waals surface area contributed by atoms with Crippen molar-refractivity contribution in [3.8, 4) is 0 Å². The summed E-state index contributed by atoms with van der Waals surface area (Å²) >= 11 is 0. The van der Waals surface area contributed by atoms with Crippen LogP contribution in [0.4, 0.5) is 0 Å². The van der Waals surface area contributed by atoms with Crippen LogP contribution in [-0.4, -0.2) is 30.4 Å². The first kappa shape index (κ1) is 9.98. The van der Waals surface area contributed by atoms with Gasteiger partial charge in [0.25, 0.3) is 0 Å². The van der Waals surface area contributed by atoms with Crippen LogP contribution in [0.25, 0.3) is 0 Å². The van der Waals surface area contributed by atoms with E-state index < -0.39 is 11.9 Å². The number of hydrogen-bond donors (Lipinski definition) is 3. The van der Waals surface area contributed by atoms with Crippen LogP contribution >= 0.6 is 0 Å². The summed E-state index contributed by atoms with van der Waals surface area (Å²) in [7, 11) is 0. The monoisotopic (exact) mass is 185 g/mol. The van der Waals surface area contributed by atoms with E-state index in [0.29, 0.717) is 0 Å². The Morgan fingerprint density at radius 3 is 2.77 bits per heavy atom. The molecular formula is C8H15N3O2. The van der Waals surface area contributed by atoms with Crippen molar-refractivity contribution in [3.63, 3.8) is 0 Å². The summed E-state index contributed by atoms with van der Waals surface area (Å²) in [6, 6.07) is -0.739. The van der Waals surface area contributed by atoms with Crippen LogP contribution in [-0.2, 0) is 9.59 Å². The first-order valence-corrected chi connectivity index (χ1v) is 4.44. The van der Waals surface area contributed by atoms with Crippen LogP contribution in [0.2, 0.25) is 0 Å². The largest absolute Gasteiger partial charge is 0.368 e. The van der Waals surface area contributed by atoms with Crippen LogP contribution in [0.5, 0.6) is 0 Å². The van der Waals surface area contributed by atoms with E-state index in [-0.39, 0.29) is 11.9 Å². The molecule has 0 aliphatic carbocycles. The van der Waals surface area contributed by atoms with Gasteiger partial charge in [-0.3, -0.25) is 9.59 Å². The molecule has 1 aliphatic heterocycles. The minimum atomic E-state index is -0.588. The fraction of sp³-hybridized carbons (Fsp3) is 0.750. The fourth-order valence-corrected chi connectivity index (χ4v) is 1.29. The zero-order valence-electron chi connectivity index (χ0n) is 7.67. The maximum absolute atomic E-state index is 11.4. The number of carbonyl (C=O) groups is 2. The number of carbonyl (C=O) groups excluding carboxylic acids is 2. The molecule has 1 heterocycles. The fourth-order valence-electron chi connectivity index (χ4n) is 1.29. The quantitative estimate of drug-likeness (QED) is 0.512. The van der Waals surface area contributed by atoms with Crippen molar-refractivity contribution in [3.05, 3.63) is 0 Å². The topological polar surface area (TPSA) is 84.2 Å². The summed E-state index contributed by atoms with van der Waals surface area (Å²) in [6.45, 7) is 2.44. The minimum Gasteiger partial charge on any atom is -0.368 e. The van der Waals surface area contributed by atoms with E-state index in [9.17, 15) is 9.59 Å². The third-order valence-corrected chi connectivity index (χ3v) is 2.16. The number of amides is 2. The average molecular weight is 185 g/mol. The van der Waals surface area contributed by atoms with Gasteiger partial charge in [-0.25, -0.2) is 0 Å². The zero-order valence-corrected chi connectivity index (χ0v) is 7.67. The standard InChI is InChI=1S/C8H15N3O2/c1-5(7(9)12)11-8(13)6-3-2-4-10-6/h5-6,10H,2-4H2,1H3,(H2,9,12)(H,11,13)/t5-,6-/m0/s1. The summed E-state index contributed by atoms with van der Waals surface area (Å²) in [6.07, 6.45) is 1.83. The summed E-state index contributed by atoms with van der Waals surface area (Å²) < 4.78 is 0. The van der Waals surface area contributed by atoms with Gasteiger partial charge in [-0.1, -0.05) is 0 Å². The molecule has 0 spiro atoms. The molecule has 1 rings (SSSR count). The second-order valence-electron chi connectivity index (χ2n) is 3.28. The molecular weight excluding hydrogens is 170 g/mol. The number of nitrogens with one attached hydrogen (secondary N) is 2. The predicted molar refractivity (Wildman–Crippen MR) is 47.8 cm³/mol. The minimum absolute atomic E-state index is 0.135. The van der Waals surface area contributed by atoms with Crippen LogP contribution in [0.1, 0.15) is 19.8 Å².